The van der Waals surface area contributed by atoms with Crippen molar-refractivity contribution < 1.29 is 9.90 Å². The first kappa shape index (κ1) is 16.8. The second-order valence-corrected chi connectivity index (χ2v) is 6.28. The molecule has 1 aromatic heterocycles. The number of nitrogens with zero attached hydrogens (tertiary/aromatic N) is 3. The molecular formula is C17H21ClN4O2. The van der Waals surface area contributed by atoms with E-state index in [1.807, 2.05) is 11.0 Å². The fourth-order valence-electron chi connectivity index (χ4n) is 2.67. The Hall–Kier alpha value is -2.05. The topological polar surface area (TPSA) is 70.4 Å². The monoisotopic (exact) mass is 348 g/mol. The van der Waals surface area contributed by atoms with Crippen LogP contribution in [0.3, 0.4) is 0 Å². The maximum atomic E-state index is 12.7. The van der Waals surface area contributed by atoms with E-state index in [0.29, 0.717) is 35.4 Å². The number of unbranched alkanes of at least 4 members (excludes halogenated alkanes) is 1. The number of aliphatic hydroxyl groups excluding tert-OH is 1. The smallest absolute Gasteiger partial charge is 0.322 e. The summed E-state index contributed by atoms with van der Waals surface area (Å²) in [6.07, 6.45) is 7.02. The highest BCUT2D eigenvalue weighted by molar-refractivity contribution is 6.33. The van der Waals surface area contributed by atoms with Crippen LogP contribution >= 0.6 is 11.6 Å². The van der Waals surface area contributed by atoms with Gasteiger partial charge in [0.2, 0.25) is 0 Å². The summed E-state index contributed by atoms with van der Waals surface area (Å²) in [5.74, 6) is 0. The minimum atomic E-state index is -0.133. The van der Waals surface area contributed by atoms with E-state index >= 15 is 0 Å². The minimum absolute atomic E-state index is 0.133. The van der Waals surface area contributed by atoms with Gasteiger partial charge in [0.15, 0.2) is 0 Å². The molecule has 1 aromatic carbocycles. The van der Waals surface area contributed by atoms with Crippen molar-refractivity contribution >= 4 is 23.3 Å². The van der Waals surface area contributed by atoms with Crippen molar-refractivity contribution in [3.05, 3.63) is 41.7 Å². The molecule has 1 heterocycles. The maximum absolute atomic E-state index is 12.7. The summed E-state index contributed by atoms with van der Waals surface area (Å²) in [5, 5.41) is 16.6. The molecule has 3 rings (SSSR count). The number of carbonyl (C=O) groups is 1. The number of nitrogens with one attached hydrogen (secondary N) is 1. The van der Waals surface area contributed by atoms with Crippen molar-refractivity contribution in [3.63, 3.8) is 0 Å². The molecule has 1 aliphatic rings. The number of amides is 2. The van der Waals surface area contributed by atoms with Gasteiger partial charge in [-0.15, -0.1) is 0 Å². The third kappa shape index (κ3) is 3.88. The van der Waals surface area contributed by atoms with Gasteiger partial charge in [0.1, 0.15) is 5.69 Å². The molecule has 128 valence electrons. The van der Waals surface area contributed by atoms with Crippen LogP contribution in [0, 0.1) is 0 Å². The van der Waals surface area contributed by atoms with Gasteiger partial charge in [-0.25, -0.2) is 9.48 Å². The first-order valence-corrected chi connectivity index (χ1v) is 8.55. The molecular weight excluding hydrogens is 328 g/mol. The van der Waals surface area contributed by atoms with Gasteiger partial charge in [0, 0.05) is 31.6 Å². The molecule has 0 atom stereocenters. The van der Waals surface area contributed by atoms with Crippen LogP contribution in [0.25, 0.3) is 5.69 Å². The fraction of sp³-hybridized carbons (Fsp3) is 0.412. The summed E-state index contributed by atoms with van der Waals surface area (Å²) in [7, 11) is 0. The Morgan fingerprint density at radius 3 is 2.88 bits per heavy atom. The van der Waals surface area contributed by atoms with E-state index in [0.717, 1.165) is 19.3 Å². The third-order valence-electron chi connectivity index (χ3n) is 4.02. The minimum Gasteiger partial charge on any atom is -0.396 e. The SMILES string of the molecule is O=C(Nc1cccc(Cl)c1-n1cccn1)N(CCCCO)C1CC1. The number of aromatic nitrogens is 2. The molecule has 1 aliphatic carbocycles. The lowest BCUT2D eigenvalue weighted by Gasteiger charge is -2.23. The summed E-state index contributed by atoms with van der Waals surface area (Å²) in [6.45, 7) is 0.798. The van der Waals surface area contributed by atoms with Gasteiger partial charge in [-0.05, 0) is 43.9 Å². The van der Waals surface area contributed by atoms with Crippen molar-refractivity contribution in [2.45, 2.75) is 31.7 Å². The maximum Gasteiger partial charge on any atom is 0.322 e. The van der Waals surface area contributed by atoms with E-state index in [2.05, 4.69) is 10.4 Å². The van der Waals surface area contributed by atoms with Crippen LogP contribution in [0.4, 0.5) is 10.5 Å². The van der Waals surface area contributed by atoms with Crippen LogP contribution in [0.5, 0.6) is 0 Å². The molecule has 0 bridgehead atoms. The van der Waals surface area contributed by atoms with E-state index < -0.39 is 0 Å². The van der Waals surface area contributed by atoms with E-state index in [1.54, 1.807) is 35.3 Å². The quantitative estimate of drug-likeness (QED) is 0.754. The van der Waals surface area contributed by atoms with Crippen molar-refractivity contribution in [2.75, 3.05) is 18.5 Å². The van der Waals surface area contributed by atoms with E-state index in [-0.39, 0.29) is 12.6 Å². The van der Waals surface area contributed by atoms with Gasteiger partial charge in [-0.2, -0.15) is 5.10 Å². The highest BCUT2D eigenvalue weighted by Crippen LogP contribution is 2.31. The molecule has 0 aliphatic heterocycles. The third-order valence-corrected chi connectivity index (χ3v) is 4.32. The number of carbonyl (C=O) groups excluding carboxylic acids is 1. The highest BCUT2D eigenvalue weighted by Gasteiger charge is 2.32. The van der Waals surface area contributed by atoms with Crippen LogP contribution in [0.15, 0.2) is 36.7 Å². The van der Waals surface area contributed by atoms with E-state index in [1.165, 1.54) is 0 Å². The predicted molar refractivity (Wildman–Crippen MR) is 93.6 cm³/mol. The molecule has 2 amide bonds. The number of hydrogen-bond donors (Lipinski definition) is 2. The number of benzene rings is 1. The van der Waals surface area contributed by atoms with Crippen molar-refractivity contribution in [1.29, 1.82) is 0 Å². The number of para-hydroxylation sites is 1. The standard InChI is InChI=1S/C17H21ClN4O2/c18-14-5-3-6-15(16(14)22-11-4-9-19-22)20-17(24)21(13-7-8-13)10-1-2-12-23/h3-6,9,11,13,23H,1-2,7-8,10,12H2,(H,20,24). The fourth-order valence-corrected chi connectivity index (χ4v) is 2.93. The molecule has 7 heteroatoms. The number of halogens is 1. The van der Waals surface area contributed by atoms with Crippen molar-refractivity contribution in [1.82, 2.24) is 14.7 Å². The number of rotatable bonds is 7. The van der Waals surface area contributed by atoms with Crippen LogP contribution in [0.1, 0.15) is 25.7 Å². The predicted octanol–water partition coefficient (Wildman–Crippen LogP) is 3.29. The zero-order chi connectivity index (χ0) is 16.9. The lowest BCUT2D eigenvalue weighted by atomic mass is 10.2. The largest absolute Gasteiger partial charge is 0.396 e. The van der Waals surface area contributed by atoms with Gasteiger partial charge < -0.3 is 15.3 Å². The Bertz CT molecular complexity index is 686. The Labute approximate surface area is 146 Å². The average molecular weight is 349 g/mol. The van der Waals surface area contributed by atoms with Gasteiger partial charge >= 0.3 is 6.03 Å². The average Bonchev–Trinajstić information content (AvgIpc) is 3.26. The van der Waals surface area contributed by atoms with Crippen LogP contribution in [-0.4, -0.2) is 45.0 Å². The molecule has 0 saturated heterocycles. The normalized spacial score (nSPS) is 13.8. The molecule has 6 nitrogen and oxygen atoms in total. The van der Waals surface area contributed by atoms with E-state index in [9.17, 15) is 4.79 Å². The summed E-state index contributed by atoms with van der Waals surface area (Å²) in [6, 6.07) is 7.37. The molecule has 2 N–H and O–H groups in total. The van der Waals surface area contributed by atoms with Crippen LogP contribution < -0.4 is 5.32 Å². The molecule has 0 unspecified atom stereocenters. The first-order valence-electron chi connectivity index (χ1n) is 8.17. The Morgan fingerprint density at radius 2 is 2.21 bits per heavy atom. The lowest BCUT2D eigenvalue weighted by molar-refractivity contribution is 0.204. The second kappa shape index (κ2) is 7.68. The number of aliphatic hydroxyl groups is 1. The molecule has 1 saturated carbocycles. The van der Waals surface area contributed by atoms with Gasteiger partial charge in [-0.1, -0.05) is 17.7 Å². The van der Waals surface area contributed by atoms with Gasteiger partial charge in [-0.3, -0.25) is 0 Å². The van der Waals surface area contributed by atoms with Crippen molar-refractivity contribution in [2.24, 2.45) is 0 Å². The molecule has 0 radical (unpaired) electrons. The number of urea groups is 1. The summed E-state index contributed by atoms with van der Waals surface area (Å²) >= 11 is 6.31. The lowest BCUT2D eigenvalue weighted by Crippen LogP contribution is -2.37. The number of anilines is 1. The zero-order valence-corrected chi connectivity index (χ0v) is 14.1. The summed E-state index contributed by atoms with van der Waals surface area (Å²) < 4.78 is 1.64. The first-order chi connectivity index (χ1) is 11.7. The Balaban J connectivity index is 1.77. The zero-order valence-electron chi connectivity index (χ0n) is 13.4. The van der Waals surface area contributed by atoms with Crippen LogP contribution in [-0.2, 0) is 0 Å². The van der Waals surface area contributed by atoms with Gasteiger partial charge in [0.05, 0.1) is 10.7 Å². The molecule has 2 aromatic rings. The molecule has 1 fully saturated rings. The molecule has 24 heavy (non-hydrogen) atoms. The summed E-state index contributed by atoms with van der Waals surface area (Å²) in [5.41, 5.74) is 1.28. The van der Waals surface area contributed by atoms with Gasteiger partial charge in [0.25, 0.3) is 0 Å². The summed E-state index contributed by atoms with van der Waals surface area (Å²) in [4.78, 5) is 14.6. The Kier molecular flexibility index (Phi) is 5.37. The Morgan fingerprint density at radius 1 is 1.38 bits per heavy atom. The number of hydrogen-bond acceptors (Lipinski definition) is 3. The van der Waals surface area contributed by atoms with Crippen molar-refractivity contribution in [3.8, 4) is 5.69 Å². The second-order valence-electron chi connectivity index (χ2n) is 5.87. The highest BCUT2D eigenvalue weighted by atomic mass is 35.5. The van der Waals surface area contributed by atoms with E-state index in [4.69, 9.17) is 16.7 Å². The molecule has 0 spiro atoms. The van der Waals surface area contributed by atoms with Crippen LogP contribution in [0.2, 0.25) is 5.02 Å².